The topological polar surface area (TPSA) is 59.4 Å². The van der Waals surface area contributed by atoms with Crippen LogP contribution in [0.1, 0.15) is 22.8 Å². The third-order valence-electron chi connectivity index (χ3n) is 2.63. The number of aryl methyl sites for hydroxylation is 1. The number of carbonyl (C=O) groups is 1. The molecule has 2 rings (SSSR count). The smallest absolute Gasteiger partial charge is 0.337 e. The maximum absolute atomic E-state index is 11.0. The van der Waals surface area contributed by atoms with E-state index in [1.165, 1.54) is 12.3 Å². The number of benzene rings is 1. The van der Waals surface area contributed by atoms with Crippen molar-refractivity contribution in [1.82, 2.24) is 4.98 Å². The van der Waals surface area contributed by atoms with Gasteiger partial charge in [-0.3, -0.25) is 0 Å². The van der Waals surface area contributed by atoms with Crippen LogP contribution in [0.4, 0.5) is 0 Å². The molecule has 1 N–H and O–H groups in total. The molecule has 0 aliphatic carbocycles. The van der Waals surface area contributed by atoms with Crippen LogP contribution in [-0.2, 0) is 6.42 Å². The molecule has 19 heavy (non-hydrogen) atoms. The van der Waals surface area contributed by atoms with E-state index in [0.717, 1.165) is 12.0 Å². The van der Waals surface area contributed by atoms with Crippen LogP contribution in [0.15, 0.2) is 36.5 Å². The van der Waals surface area contributed by atoms with Gasteiger partial charge in [0.25, 0.3) is 0 Å². The molecule has 0 saturated carbocycles. The van der Waals surface area contributed by atoms with Crippen molar-refractivity contribution in [3.63, 3.8) is 0 Å². The summed E-state index contributed by atoms with van der Waals surface area (Å²) in [4.78, 5) is 15.0. The number of carboxylic acids is 1. The molecule has 2 aromatic rings. The van der Waals surface area contributed by atoms with E-state index < -0.39 is 5.97 Å². The summed E-state index contributed by atoms with van der Waals surface area (Å²) in [6, 6.07) is 8.85. The predicted molar refractivity (Wildman–Crippen MR) is 72.1 cm³/mol. The van der Waals surface area contributed by atoms with Gasteiger partial charge in [-0.15, -0.1) is 0 Å². The number of hydrogen-bond donors (Lipinski definition) is 1. The minimum Gasteiger partial charge on any atom is -0.478 e. The molecule has 0 spiro atoms. The molecule has 1 heterocycles. The molecule has 0 bridgehead atoms. The average Bonchev–Trinajstić information content (AvgIpc) is 2.41. The van der Waals surface area contributed by atoms with E-state index in [1.54, 1.807) is 0 Å². The van der Waals surface area contributed by atoms with Crippen molar-refractivity contribution in [2.45, 2.75) is 13.3 Å². The summed E-state index contributed by atoms with van der Waals surface area (Å²) in [7, 11) is 0. The van der Waals surface area contributed by atoms with E-state index in [2.05, 4.69) is 4.98 Å². The van der Waals surface area contributed by atoms with Crippen LogP contribution < -0.4 is 4.74 Å². The number of rotatable bonds is 4. The SMILES string of the molecule is CCc1ccccc1Oc1cc(C(=O)O)c(Cl)cn1. The van der Waals surface area contributed by atoms with Crippen molar-refractivity contribution in [3.05, 3.63) is 52.7 Å². The van der Waals surface area contributed by atoms with Crippen LogP contribution >= 0.6 is 11.6 Å². The third-order valence-corrected chi connectivity index (χ3v) is 2.93. The molecule has 1 aromatic carbocycles. The summed E-state index contributed by atoms with van der Waals surface area (Å²) < 4.78 is 5.61. The molecular weight excluding hydrogens is 266 g/mol. The molecule has 0 radical (unpaired) electrons. The fourth-order valence-corrected chi connectivity index (χ4v) is 1.83. The molecule has 0 amide bonds. The van der Waals surface area contributed by atoms with Crippen LogP contribution in [0.3, 0.4) is 0 Å². The summed E-state index contributed by atoms with van der Waals surface area (Å²) in [5.74, 6) is -0.236. The fourth-order valence-electron chi connectivity index (χ4n) is 1.65. The van der Waals surface area contributed by atoms with Gasteiger partial charge in [0.1, 0.15) is 5.75 Å². The van der Waals surface area contributed by atoms with Gasteiger partial charge < -0.3 is 9.84 Å². The highest BCUT2D eigenvalue weighted by molar-refractivity contribution is 6.33. The molecule has 0 aliphatic heterocycles. The highest BCUT2D eigenvalue weighted by Gasteiger charge is 2.12. The Balaban J connectivity index is 2.33. The molecule has 5 heteroatoms. The molecule has 0 atom stereocenters. The Labute approximate surface area is 115 Å². The number of pyridine rings is 1. The number of para-hydroxylation sites is 1. The molecule has 1 aromatic heterocycles. The van der Waals surface area contributed by atoms with E-state index >= 15 is 0 Å². The Hall–Kier alpha value is -2.07. The van der Waals surface area contributed by atoms with Crippen LogP contribution in [0.2, 0.25) is 5.02 Å². The van der Waals surface area contributed by atoms with Crippen molar-refractivity contribution in [3.8, 4) is 11.6 Å². The second-order valence-electron chi connectivity index (χ2n) is 3.87. The van der Waals surface area contributed by atoms with Crippen molar-refractivity contribution in [2.24, 2.45) is 0 Å². The van der Waals surface area contributed by atoms with Crippen LogP contribution in [0.5, 0.6) is 11.6 Å². The first-order valence-electron chi connectivity index (χ1n) is 5.76. The number of ether oxygens (including phenoxy) is 1. The Bertz CT molecular complexity index is 613. The lowest BCUT2D eigenvalue weighted by Crippen LogP contribution is -2.00. The number of aromatic carboxylic acids is 1. The molecule has 0 saturated heterocycles. The zero-order chi connectivity index (χ0) is 13.8. The Morgan fingerprint density at radius 3 is 2.84 bits per heavy atom. The number of hydrogen-bond acceptors (Lipinski definition) is 3. The molecule has 0 unspecified atom stereocenters. The van der Waals surface area contributed by atoms with Crippen molar-refractivity contribution in [1.29, 1.82) is 0 Å². The Morgan fingerprint density at radius 1 is 1.42 bits per heavy atom. The quantitative estimate of drug-likeness (QED) is 0.924. The van der Waals surface area contributed by atoms with Crippen LogP contribution in [0, 0.1) is 0 Å². The summed E-state index contributed by atoms with van der Waals surface area (Å²) in [5, 5.41) is 9.08. The zero-order valence-corrected chi connectivity index (χ0v) is 11.0. The fraction of sp³-hybridized carbons (Fsp3) is 0.143. The first-order chi connectivity index (χ1) is 9.11. The second kappa shape index (κ2) is 5.71. The van der Waals surface area contributed by atoms with Crippen LogP contribution in [0.25, 0.3) is 0 Å². The van der Waals surface area contributed by atoms with Gasteiger partial charge in [-0.2, -0.15) is 0 Å². The number of nitrogens with zero attached hydrogens (tertiary/aromatic N) is 1. The molecule has 0 fully saturated rings. The predicted octanol–water partition coefficient (Wildman–Crippen LogP) is 3.79. The van der Waals surface area contributed by atoms with E-state index in [9.17, 15) is 4.79 Å². The normalized spacial score (nSPS) is 10.2. The number of carboxylic acid groups (broad SMARTS) is 1. The summed E-state index contributed by atoms with van der Waals surface area (Å²) in [6.07, 6.45) is 2.09. The molecule has 0 aliphatic rings. The second-order valence-corrected chi connectivity index (χ2v) is 4.28. The first kappa shape index (κ1) is 13.4. The van der Waals surface area contributed by atoms with Gasteiger partial charge in [0.15, 0.2) is 0 Å². The Kier molecular flexibility index (Phi) is 4.02. The van der Waals surface area contributed by atoms with E-state index in [1.807, 2.05) is 31.2 Å². The lowest BCUT2D eigenvalue weighted by molar-refractivity contribution is 0.0696. The van der Waals surface area contributed by atoms with E-state index in [-0.39, 0.29) is 16.5 Å². The summed E-state index contributed by atoms with van der Waals surface area (Å²) in [5.41, 5.74) is 0.997. The standard InChI is InChI=1S/C14H12ClNO3/c1-2-9-5-3-4-6-12(9)19-13-7-10(14(17)18)11(15)8-16-13/h3-8H,2H2,1H3,(H,17,18). The van der Waals surface area contributed by atoms with Gasteiger partial charge in [-0.25, -0.2) is 9.78 Å². The molecule has 4 nitrogen and oxygen atoms in total. The van der Waals surface area contributed by atoms with Crippen molar-refractivity contribution < 1.29 is 14.6 Å². The maximum atomic E-state index is 11.0. The largest absolute Gasteiger partial charge is 0.478 e. The van der Waals surface area contributed by atoms with Gasteiger partial charge in [0.2, 0.25) is 5.88 Å². The third kappa shape index (κ3) is 3.03. The van der Waals surface area contributed by atoms with Crippen molar-refractivity contribution >= 4 is 17.6 Å². The highest BCUT2D eigenvalue weighted by atomic mass is 35.5. The highest BCUT2D eigenvalue weighted by Crippen LogP contribution is 2.26. The van der Waals surface area contributed by atoms with Gasteiger partial charge in [-0.05, 0) is 18.1 Å². The molecular formula is C14H12ClNO3. The van der Waals surface area contributed by atoms with Gasteiger partial charge in [0, 0.05) is 6.07 Å². The van der Waals surface area contributed by atoms with E-state index in [0.29, 0.717) is 5.75 Å². The Morgan fingerprint density at radius 2 is 2.16 bits per heavy atom. The average molecular weight is 278 g/mol. The molecule has 98 valence electrons. The maximum Gasteiger partial charge on any atom is 0.337 e. The zero-order valence-electron chi connectivity index (χ0n) is 10.3. The van der Waals surface area contributed by atoms with Crippen LogP contribution in [-0.4, -0.2) is 16.1 Å². The van der Waals surface area contributed by atoms with Gasteiger partial charge in [-0.1, -0.05) is 36.7 Å². The number of halogens is 1. The lowest BCUT2D eigenvalue weighted by Gasteiger charge is -2.09. The first-order valence-corrected chi connectivity index (χ1v) is 6.14. The van der Waals surface area contributed by atoms with Crippen molar-refractivity contribution in [2.75, 3.05) is 0 Å². The van der Waals surface area contributed by atoms with Gasteiger partial charge in [0.05, 0.1) is 16.8 Å². The van der Waals surface area contributed by atoms with Gasteiger partial charge >= 0.3 is 5.97 Å². The monoisotopic (exact) mass is 277 g/mol. The summed E-state index contributed by atoms with van der Waals surface area (Å²) in [6.45, 7) is 2.01. The summed E-state index contributed by atoms with van der Waals surface area (Å²) >= 11 is 5.75. The van der Waals surface area contributed by atoms with E-state index in [4.69, 9.17) is 21.4 Å². The minimum atomic E-state index is -1.11. The minimum absolute atomic E-state index is 0.0272. The number of aromatic nitrogens is 1. The lowest BCUT2D eigenvalue weighted by atomic mass is 10.1.